The summed E-state index contributed by atoms with van der Waals surface area (Å²) in [5.74, 6) is -0.938. The molecule has 112 valence electrons. The molecule has 1 atom stereocenters. The molecule has 0 unspecified atom stereocenters. The fraction of sp³-hybridized carbons (Fsp3) is 0.385. The Morgan fingerprint density at radius 3 is 2.67 bits per heavy atom. The topological polar surface area (TPSA) is 97.1 Å². The molecule has 2 aliphatic rings. The average molecular weight is 312 g/mol. The highest BCUT2D eigenvalue weighted by atomic mass is 35.5. The minimum absolute atomic E-state index is 0. The summed E-state index contributed by atoms with van der Waals surface area (Å²) in [4.78, 5) is 36.4. The maximum Gasteiger partial charge on any atom is 0.282 e. The summed E-state index contributed by atoms with van der Waals surface area (Å²) in [6.07, 6.45) is 1.69. The van der Waals surface area contributed by atoms with Crippen LogP contribution >= 0.6 is 0 Å². The van der Waals surface area contributed by atoms with Gasteiger partial charge in [-0.1, -0.05) is 6.07 Å². The van der Waals surface area contributed by atoms with E-state index in [4.69, 9.17) is 0 Å². The number of nitro groups is 1. The molecule has 1 aromatic carbocycles. The monoisotopic (exact) mass is 311 g/mol. The van der Waals surface area contributed by atoms with Gasteiger partial charge >= 0.3 is 0 Å². The second kappa shape index (κ2) is 5.79. The number of nitrogens with zero attached hydrogens (tertiary/aromatic N) is 2. The first-order valence-corrected chi connectivity index (χ1v) is 6.58. The lowest BCUT2D eigenvalue weighted by Crippen LogP contribution is -3.00. The van der Waals surface area contributed by atoms with Crippen molar-refractivity contribution in [2.75, 3.05) is 13.1 Å². The SMILES string of the molecule is O=C1c2cccc([N+](=O)[O-])c2C(=O)N1[C@H]1CCC[NH2+]C1.[Cl-]. The Balaban J connectivity index is 0.00000161. The molecule has 2 amide bonds. The Kier molecular flexibility index (Phi) is 4.24. The van der Waals surface area contributed by atoms with E-state index in [1.54, 1.807) is 0 Å². The maximum absolute atomic E-state index is 12.4. The number of carbonyl (C=O) groups is 2. The number of carbonyl (C=O) groups excluding carboxylic acids is 2. The van der Waals surface area contributed by atoms with Crippen molar-refractivity contribution in [2.45, 2.75) is 18.9 Å². The highest BCUT2D eigenvalue weighted by molar-refractivity contribution is 6.23. The number of amides is 2. The third-order valence-electron chi connectivity index (χ3n) is 3.87. The maximum atomic E-state index is 12.4. The summed E-state index contributed by atoms with van der Waals surface area (Å²) >= 11 is 0. The summed E-state index contributed by atoms with van der Waals surface area (Å²) < 4.78 is 0. The Morgan fingerprint density at radius 2 is 2.05 bits per heavy atom. The lowest BCUT2D eigenvalue weighted by atomic mass is 10.1. The van der Waals surface area contributed by atoms with Crippen LogP contribution in [0.25, 0.3) is 0 Å². The largest absolute Gasteiger partial charge is 1.00 e. The summed E-state index contributed by atoms with van der Waals surface area (Å²) in [6.45, 7) is 1.65. The van der Waals surface area contributed by atoms with Crippen LogP contribution in [0.2, 0.25) is 0 Å². The third-order valence-corrected chi connectivity index (χ3v) is 3.87. The van der Waals surface area contributed by atoms with Crippen LogP contribution in [0.15, 0.2) is 18.2 Å². The van der Waals surface area contributed by atoms with Gasteiger partial charge in [-0.25, -0.2) is 0 Å². The predicted molar refractivity (Wildman–Crippen MR) is 68.3 cm³/mol. The zero-order valence-corrected chi connectivity index (χ0v) is 11.9. The van der Waals surface area contributed by atoms with E-state index in [0.29, 0.717) is 6.54 Å². The Labute approximate surface area is 126 Å². The zero-order chi connectivity index (χ0) is 14.3. The second-order valence-electron chi connectivity index (χ2n) is 5.05. The molecule has 3 rings (SSSR count). The molecule has 0 spiro atoms. The van der Waals surface area contributed by atoms with E-state index in [0.717, 1.165) is 19.4 Å². The number of fused-ring (bicyclic) bond motifs is 1. The standard InChI is InChI=1S/C13H13N3O4.ClH/c17-12-9-4-1-5-10(16(19)20)11(9)13(18)15(12)8-3-2-6-14-7-8;/h1,4-5,8,14H,2-3,6-7H2;1H/t8-;/m0./s1. The van der Waals surface area contributed by atoms with Crippen molar-refractivity contribution in [2.24, 2.45) is 0 Å². The lowest BCUT2D eigenvalue weighted by molar-refractivity contribution is -0.665. The highest BCUT2D eigenvalue weighted by Gasteiger charge is 2.44. The number of nitro benzene ring substituents is 1. The minimum atomic E-state index is -0.611. The first-order chi connectivity index (χ1) is 9.61. The molecule has 1 fully saturated rings. The van der Waals surface area contributed by atoms with Gasteiger partial charge in [-0.3, -0.25) is 24.6 Å². The summed E-state index contributed by atoms with van der Waals surface area (Å²) in [7, 11) is 0. The molecule has 0 aromatic heterocycles. The van der Waals surface area contributed by atoms with Gasteiger partial charge in [0.25, 0.3) is 17.5 Å². The van der Waals surface area contributed by atoms with E-state index in [1.165, 1.54) is 23.1 Å². The predicted octanol–water partition coefficient (Wildman–Crippen LogP) is -3.08. The van der Waals surface area contributed by atoms with E-state index in [-0.39, 0.29) is 35.3 Å². The van der Waals surface area contributed by atoms with E-state index < -0.39 is 16.7 Å². The molecule has 0 saturated carbocycles. The quantitative estimate of drug-likeness (QED) is 0.356. The van der Waals surface area contributed by atoms with Crippen molar-refractivity contribution >= 4 is 17.5 Å². The van der Waals surface area contributed by atoms with Gasteiger partial charge in [-0.2, -0.15) is 0 Å². The second-order valence-corrected chi connectivity index (χ2v) is 5.05. The zero-order valence-electron chi connectivity index (χ0n) is 11.1. The van der Waals surface area contributed by atoms with Gasteiger partial charge in [0.1, 0.15) is 5.56 Å². The third kappa shape index (κ3) is 2.38. The van der Waals surface area contributed by atoms with Gasteiger partial charge in [-0.05, 0) is 18.9 Å². The van der Waals surface area contributed by atoms with Gasteiger partial charge in [0.15, 0.2) is 0 Å². The first-order valence-electron chi connectivity index (χ1n) is 6.58. The van der Waals surface area contributed by atoms with Gasteiger partial charge < -0.3 is 17.7 Å². The lowest BCUT2D eigenvalue weighted by Gasteiger charge is -2.27. The molecule has 1 saturated heterocycles. The molecule has 8 heteroatoms. The van der Waals surface area contributed by atoms with Crippen LogP contribution < -0.4 is 17.7 Å². The number of hydrogen-bond donors (Lipinski definition) is 1. The smallest absolute Gasteiger partial charge is 0.282 e. The number of benzene rings is 1. The number of nitrogens with two attached hydrogens (primary N) is 1. The molecule has 0 radical (unpaired) electrons. The molecular weight excluding hydrogens is 298 g/mol. The molecule has 21 heavy (non-hydrogen) atoms. The molecule has 2 N–H and O–H groups in total. The van der Waals surface area contributed by atoms with Crippen LogP contribution in [0.1, 0.15) is 33.6 Å². The normalized spacial score (nSPS) is 21.0. The van der Waals surface area contributed by atoms with Crippen LogP contribution in [0, 0.1) is 10.1 Å². The van der Waals surface area contributed by atoms with Gasteiger partial charge in [-0.15, -0.1) is 0 Å². The summed E-state index contributed by atoms with van der Waals surface area (Å²) in [6, 6.07) is 4.02. The summed E-state index contributed by atoms with van der Waals surface area (Å²) in [5.41, 5.74) is -0.203. The molecule has 0 bridgehead atoms. The first kappa shape index (κ1) is 15.4. The fourth-order valence-corrected chi connectivity index (χ4v) is 2.93. The van der Waals surface area contributed by atoms with E-state index in [9.17, 15) is 19.7 Å². The van der Waals surface area contributed by atoms with E-state index in [1.807, 2.05) is 0 Å². The summed E-state index contributed by atoms with van der Waals surface area (Å²) in [5, 5.41) is 13.1. The average Bonchev–Trinajstić information content (AvgIpc) is 2.72. The number of quaternary nitrogens is 1. The Hall–Kier alpha value is -1.99. The van der Waals surface area contributed by atoms with Gasteiger partial charge in [0.2, 0.25) is 0 Å². The highest BCUT2D eigenvalue weighted by Crippen LogP contribution is 2.32. The molecule has 2 aliphatic heterocycles. The number of hydrogen-bond acceptors (Lipinski definition) is 4. The van der Waals surface area contributed by atoms with Crippen LogP contribution in [-0.2, 0) is 0 Å². The van der Waals surface area contributed by atoms with Gasteiger partial charge in [0, 0.05) is 6.07 Å². The van der Waals surface area contributed by atoms with Crippen LogP contribution in [0.3, 0.4) is 0 Å². The number of imide groups is 1. The van der Waals surface area contributed by atoms with Crippen LogP contribution in [-0.4, -0.2) is 40.8 Å². The van der Waals surface area contributed by atoms with Crippen molar-refractivity contribution in [3.63, 3.8) is 0 Å². The molecule has 7 nitrogen and oxygen atoms in total. The Morgan fingerprint density at radius 1 is 1.29 bits per heavy atom. The van der Waals surface area contributed by atoms with E-state index in [2.05, 4.69) is 5.32 Å². The fourth-order valence-electron chi connectivity index (χ4n) is 2.93. The molecular formula is C13H14ClN3O4. The molecule has 1 aromatic rings. The number of halogens is 1. The van der Waals surface area contributed by atoms with Gasteiger partial charge in [0.05, 0.1) is 29.6 Å². The van der Waals surface area contributed by atoms with Crippen LogP contribution in [0.5, 0.6) is 0 Å². The van der Waals surface area contributed by atoms with Crippen molar-refractivity contribution in [3.05, 3.63) is 39.4 Å². The van der Waals surface area contributed by atoms with Crippen molar-refractivity contribution in [3.8, 4) is 0 Å². The van der Waals surface area contributed by atoms with Crippen molar-refractivity contribution < 1.29 is 32.2 Å². The van der Waals surface area contributed by atoms with Crippen molar-refractivity contribution in [1.29, 1.82) is 0 Å². The number of piperidine rings is 1. The molecule has 2 heterocycles. The van der Waals surface area contributed by atoms with Crippen molar-refractivity contribution in [1.82, 2.24) is 4.90 Å². The van der Waals surface area contributed by atoms with Crippen LogP contribution in [0.4, 0.5) is 5.69 Å². The Bertz CT molecular complexity index is 613. The minimum Gasteiger partial charge on any atom is -1.00 e. The number of rotatable bonds is 2. The van der Waals surface area contributed by atoms with E-state index >= 15 is 0 Å². The molecule has 0 aliphatic carbocycles.